The highest BCUT2D eigenvalue weighted by atomic mass is 19.3. The summed E-state index contributed by atoms with van der Waals surface area (Å²) >= 11 is 0. The molecule has 0 aromatic heterocycles. The number of carbonyl (C=O) groups is 1. The van der Waals surface area contributed by atoms with Crippen LogP contribution in [0.25, 0.3) is 0 Å². The molecule has 0 aromatic rings. The van der Waals surface area contributed by atoms with Crippen LogP contribution in [0.5, 0.6) is 0 Å². The SMILES string of the molecule is CCCCC(=O)N1CCC(C(C)(F)F)C1. The Kier molecular flexibility index (Phi) is 4.05. The van der Waals surface area contributed by atoms with E-state index in [1.165, 1.54) is 0 Å². The molecule has 0 N–H and O–H groups in total. The summed E-state index contributed by atoms with van der Waals surface area (Å²) in [5.41, 5.74) is 0. The Morgan fingerprint density at radius 2 is 2.20 bits per heavy atom. The lowest BCUT2D eigenvalue weighted by atomic mass is 10.0. The number of unbranched alkanes of at least 4 members (excludes halogenated alkanes) is 1. The van der Waals surface area contributed by atoms with Crippen molar-refractivity contribution in [1.29, 1.82) is 0 Å². The van der Waals surface area contributed by atoms with Crippen LogP contribution in [0.15, 0.2) is 0 Å². The third-order valence-electron chi connectivity index (χ3n) is 3.00. The van der Waals surface area contributed by atoms with E-state index in [1.807, 2.05) is 6.92 Å². The Balaban J connectivity index is 2.39. The van der Waals surface area contributed by atoms with Gasteiger partial charge in [-0.2, -0.15) is 0 Å². The molecule has 1 amide bonds. The van der Waals surface area contributed by atoms with E-state index in [2.05, 4.69) is 0 Å². The van der Waals surface area contributed by atoms with Crippen molar-refractivity contribution in [2.45, 2.75) is 45.5 Å². The quantitative estimate of drug-likeness (QED) is 0.712. The first-order valence-electron chi connectivity index (χ1n) is 5.60. The molecule has 0 bridgehead atoms. The molecular weight excluding hydrogens is 200 g/mol. The van der Waals surface area contributed by atoms with E-state index in [-0.39, 0.29) is 12.5 Å². The number of amides is 1. The van der Waals surface area contributed by atoms with Crippen molar-refractivity contribution in [2.75, 3.05) is 13.1 Å². The normalized spacial score (nSPS) is 22.1. The first-order chi connectivity index (χ1) is 6.95. The highest BCUT2D eigenvalue weighted by Gasteiger charge is 2.40. The number of rotatable bonds is 4. The summed E-state index contributed by atoms with van der Waals surface area (Å²) in [5, 5.41) is 0. The van der Waals surface area contributed by atoms with Crippen molar-refractivity contribution in [3.63, 3.8) is 0 Å². The summed E-state index contributed by atoms with van der Waals surface area (Å²) in [7, 11) is 0. The summed E-state index contributed by atoms with van der Waals surface area (Å²) in [4.78, 5) is 13.1. The average Bonchev–Trinajstić information content (AvgIpc) is 2.62. The second-order valence-corrected chi connectivity index (χ2v) is 4.39. The molecule has 1 saturated heterocycles. The molecule has 4 heteroatoms. The van der Waals surface area contributed by atoms with Gasteiger partial charge in [0.25, 0.3) is 0 Å². The Hall–Kier alpha value is -0.670. The molecule has 15 heavy (non-hydrogen) atoms. The minimum Gasteiger partial charge on any atom is -0.342 e. The monoisotopic (exact) mass is 219 g/mol. The van der Waals surface area contributed by atoms with Gasteiger partial charge in [-0.15, -0.1) is 0 Å². The van der Waals surface area contributed by atoms with E-state index in [0.29, 0.717) is 19.4 Å². The van der Waals surface area contributed by atoms with Crippen LogP contribution in [0.1, 0.15) is 39.5 Å². The maximum Gasteiger partial charge on any atom is 0.249 e. The molecule has 0 aliphatic carbocycles. The number of hydrogen-bond acceptors (Lipinski definition) is 1. The molecule has 1 heterocycles. The summed E-state index contributed by atoms with van der Waals surface area (Å²) in [6.45, 7) is 3.68. The fourth-order valence-electron chi connectivity index (χ4n) is 1.89. The molecule has 88 valence electrons. The molecule has 1 aliphatic rings. The van der Waals surface area contributed by atoms with E-state index < -0.39 is 11.8 Å². The highest BCUT2D eigenvalue weighted by Crippen LogP contribution is 2.32. The number of likely N-dealkylation sites (tertiary alicyclic amines) is 1. The smallest absolute Gasteiger partial charge is 0.249 e. The molecule has 0 saturated carbocycles. The number of nitrogens with zero attached hydrogens (tertiary/aromatic N) is 1. The molecule has 1 aliphatic heterocycles. The molecule has 0 radical (unpaired) electrons. The summed E-state index contributed by atoms with van der Waals surface area (Å²) in [6, 6.07) is 0. The van der Waals surface area contributed by atoms with Crippen LogP contribution in [-0.4, -0.2) is 29.8 Å². The Morgan fingerprint density at radius 1 is 1.53 bits per heavy atom. The Morgan fingerprint density at radius 3 is 2.67 bits per heavy atom. The van der Waals surface area contributed by atoms with Crippen LogP contribution in [0.4, 0.5) is 8.78 Å². The predicted molar refractivity (Wildman–Crippen MR) is 54.8 cm³/mol. The minimum absolute atomic E-state index is 0.0311. The van der Waals surface area contributed by atoms with Crippen LogP contribution in [0.2, 0.25) is 0 Å². The van der Waals surface area contributed by atoms with Gasteiger partial charge in [-0.1, -0.05) is 13.3 Å². The molecule has 1 fully saturated rings. The zero-order chi connectivity index (χ0) is 11.5. The van der Waals surface area contributed by atoms with E-state index >= 15 is 0 Å². The minimum atomic E-state index is -2.65. The number of hydrogen-bond donors (Lipinski definition) is 0. The van der Waals surface area contributed by atoms with Gasteiger partial charge in [0.05, 0.1) is 0 Å². The Labute approximate surface area is 89.6 Å². The van der Waals surface area contributed by atoms with Gasteiger partial charge >= 0.3 is 0 Å². The van der Waals surface area contributed by atoms with Crippen molar-refractivity contribution in [1.82, 2.24) is 4.90 Å². The van der Waals surface area contributed by atoms with E-state index in [0.717, 1.165) is 19.8 Å². The van der Waals surface area contributed by atoms with Gasteiger partial charge in [0, 0.05) is 25.4 Å². The van der Waals surface area contributed by atoms with Crippen LogP contribution in [0, 0.1) is 5.92 Å². The van der Waals surface area contributed by atoms with Gasteiger partial charge in [0.2, 0.25) is 11.8 Å². The number of carbonyl (C=O) groups excluding carboxylic acids is 1. The van der Waals surface area contributed by atoms with Crippen LogP contribution >= 0.6 is 0 Å². The third kappa shape index (κ3) is 3.43. The second kappa shape index (κ2) is 4.90. The lowest BCUT2D eigenvalue weighted by molar-refractivity contribution is -0.131. The maximum atomic E-state index is 13.0. The van der Waals surface area contributed by atoms with Crippen molar-refractivity contribution < 1.29 is 13.6 Å². The average molecular weight is 219 g/mol. The zero-order valence-corrected chi connectivity index (χ0v) is 9.43. The molecule has 0 spiro atoms. The molecule has 1 rings (SSSR count). The summed E-state index contributed by atoms with van der Waals surface area (Å²) in [6.07, 6.45) is 2.75. The largest absolute Gasteiger partial charge is 0.342 e. The fraction of sp³-hybridized carbons (Fsp3) is 0.909. The van der Waals surface area contributed by atoms with Gasteiger partial charge in [-0.25, -0.2) is 8.78 Å². The molecular formula is C11H19F2NO. The van der Waals surface area contributed by atoms with Crippen molar-refractivity contribution >= 4 is 5.91 Å². The van der Waals surface area contributed by atoms with Crippen molar-refractivity contribution in [3.8, 4) is 0 Å². The maximum absolute atomic E-state index is 13.0. The molecule has 1 atom stereocenters. The summed E-state index contributed by atoms with van der Waals surface area (Å²) in [5.74, 6) is -3.27. The van der Waals surface area contributed by atoms with E-state index in [9.17, 15) is 13.6 Å². The predicted octanol–water partition coefficient (Wildman–Crippen LogP) is 2.68. The van der Waals surface area contributed by atoms with Crippen LogP contribution in [0.3, 0.4) is 0 Å². The van der Waals surface area contributed by atoms with E-state index in [4.69, 9.17) is 0 Å². The van der Waals surface area contributed by atoms with Gasteiger partial charge in [0.15, 0.2) is 0 Å². The van der Waals surface area contributed by atoms with Crippen molar-refractivity contribution in [2.24, 2.45) is 5.92 Å². The third-order valence-corrected chi connectivity index (χ3v) is 3.00. The first kappa shape index (κ1) is 12.4. The lowest BCUT2D eigenvalue weighted by Gasteiger charge is -2.20. The first-order valence-corrected chi connectivity index (χ1v) is 5.60. The second-order valence-electron chi connectivity index (χ2n) is 4.39. The zero-order valence-electron chi connectivity index (χ0n) is 9.43. The van der Waals surface area contributed by atoms with Crippen molar-refractivity contribution in [3.05, 3.63) is 0 Å². The topological polar surface area (TPSA) is 20.3 Å². The fourth-order valence-corrected chi connectivity index (χ4v) is 1.89. The number of alkyl halides is 2. The molecule has 2 nitrogen and oxygen atoms in total. The molecule has 1 unspecified atom stereocenters. The highest BCUT2D eigenvalue weighted by molar-refractivity contribution is 5.76. The Bertz CT molecular complexity index is 225. The van der Waals surface area contributed by atoms with Gasteiger partial charge < -0.3 is 4.90 Å². The van der Waals surface area contributed by atoms with Gasteiger partial charge in [0.1, 0.15) is 0 Å². The van der Waals surface area contributed by atoms with Crippen LogP contribution < -0.4 is 0 Å². The summed E-state index contributed by atoms with van der Waals surface area (Å²) < 4.78 is 26.0. The molecule has 0 aromatic carbocycles. The van der Waals surface area contributed by atoms with Gasteiger partial charge in [-0.05, 0) is 19.8 Å². The number of halogens is 2. The standard InChI is InChI=1S/C11H19F2NO/c1-3-4-5-10(15)14-7-6-9(8-14)11(2,12)13/h9H,3-8H2,1-2H3. The van der Waals surface area contributed by atoms with Gasteiger partial charge in [-0.3, -0.25) is 4.79 Å². The van der Waals surface area contributed by atoms with Crippen LogP contribution in [-0.2, 0) is 4.79 Å². The lowest BCUT2D eigenvalue weighted by Crippen LogP contribution is -2.32. The van der Waals surface area contributed by atoms with E-state index in [1.54, 1.807) is 4.90 Å².